The fourth-order valence-electron chi connectivity index (χ4n) is 4.24. The first-order valence-electron chi connectivity index (χ1n) is 14.6. The first-order chi connectivity index (χ1) is 15.4. The van der Waals surface area contributed by atoms with Crippen LogP contribution in [0.1, 0.15) is 162 Å². The lowest BCUT2D eigenvalue weighted by Crippen LogP contribution is -2.06. The van der Waals surface area contributed by atoms with Crippen LogP contribution in [0.25, 0.3) is 0 Å². The summed E-state index contributed by atoms with van der Waals surface area (Å²) in [6, 6.07) is 0. The number of hydrogen-bond donors (Lipinski definition) is 0. The van der Waals surface area contributed by atoms with Crippen molar-refractivity contribution in [1.82, 2.24) is 0 Å². The maximum Gasteiger partial charge on any atom is 0.0700 e. The molecule has 0 aromatic rings. The van der Waals surface area contributed by atoms with Crippen LogP contribution < -0.4 is 0 Å². The van der Waals surface area contributed by atoms with Crippen molar-refractivity contribution in [2.75, 3.05) is 26.4 Å². The first kappa shape index (κ1) is 30.9. The van der Waals surface area contributed by atoms with Crippen LogP contribution in [0.4, 0.5) is 0 Å². The Morgan fingerprint density at radius 1 is 0.258 bits per heavy atom. The van der Waals surface area contributed by atoms with Crippen LogP contribution in [0.15, 0.2) is 0 Å². The van der Waals surface area contributed by atoms with E-state index in [1.165, 1.54) is 148 Å². The molecule has 0 saturated carbocycles. The molecule has 0 saturated heterocycles. The topological polar surface area (TPSA) is 18.5 Å². The minimum absolute atomic E-state index is 0.774. The molecule has 0 aliphatic heterocycles. The van der Waals surface area contributed by atoms with E-state index in [0.29, 0.717) is 0 Å². The van der Waals surface area contributed by atoms with Crippen molar-refractivity contribution in [2.24, 2.45) is 0 Å². The van der Waals surface area contributed by atoms with E-state index in [4.69, 9.17) is 9.47 Å². The molecule has 0 aromatic carbocycles. The number of hydrogen-bond acceptors (Lipinski definition) is 2. The summed E-state index contributed by atoms with van der Waals surface area (Å²) >= 11 is 0. The molecule has 0 amide bonds. The van der Waals surface area contributed by atoms with Gasteiger partial charge in [0, 0.05) is 13.2 Å². The Labute approximate surface area is 197 Å². The molecule has 0 aromatic heterocycles. The van der Waals surface area contributed by atoms with E-state index in [1.807, 2.05) is 0 Å². The Morgan fingerprint density at radius 2 is 0.484 bits per heavy atom. The second-order valence-corrected chi connectivity index (χ2v) is 9.65. The van der Waals surface area contributed by atoms with Crippen LogP contribution in [0, 0.1) is 0 Å². The number of ether oxygens (including phenoxy) is 2. The van der Waals surface area contributed by atoms with Crippen LogP contribution in [-0.4, -0.2) is 26.4 Å². The van der Waals surface area contributed by atoms with Gasteiger partial charge in [-0.3, -0.25) is 0 Å². The zero-order chi connectivity index (χ0) is 22.5. The van der Waals surface area contributed by atoms with Gasteiger partial charge in [-0.15, -0.1) is 0 Å². The minimum atomic E-state index is 0.774. The van der Waals surface area contributed by atoms with Gasteiger partial charge in [-0.2, -0.15) is 0 Å². The van der Waals surface area contributed by atoms with Gasteiger partial charge in [0.25, 0.3) is 0 Å². The zero-order valence-electron chi connectivity index (χ0n) is 21.9. The molecule has 0 aliphatic rings. The van der Waals surface area contributed by atoms with Gasteiger partial charge in [0.2, 0.25) is 0 Å². The van der Waals surface area contributed by atoms with Gasteiger partial charge in [-0.05, 0) is 12.8 Å². The van der Waals surface area contributed by atoms with E-state index in [1.54, 1.807) is 0 Å². The van der Waals surface area contributed by atoms with E-state index in [0.717, 1.165) is 26.4 Å². The highest BCUT2D eigenvalue weighted by molar-refractivity contribution is 4.49. The van der Waals surface area contributed by atoms with Gasteiger partial charge in [-0.25, -0.2) is 0 Å². The Morgan fingerprint density at radius 3 is 0.742 bits per heavy atom. The van der Waals surface area contributed by atoms with Crippen molar-refractivity contribution in [3.63, 3.8) is 0 Å². The highest BCUT2D eigenvalue weighted by Crippen LogP contribution is 2.12. The van der Waals surface area contributed by atoms with Crippen LogP contribution >= 0.6 is 0 Å². The highest BCUT2D eigenvalue weighted by atomic mass is 16.5. The normalized spacial score (nSPS) is 11.4. The summed E-state index contributed by atoms with van der Waals surface area (Å²) in [4.78, 5) is 0. The Kier molecular flexibility index (Phi) is 29.8. The summed E-state index contributed by atoms with van der Waals surface area (Å²) < 4.78 is 11.4. The fourth-order valence-corrected chi connectivity index (χ4v) is 4.24. The molecule has 0 bridgehead atoms. The van der Waals surface area contributed by atoms with Crippen molar-refractivity contribution in [3.8, 4) is 0 Å². The van der Waals surface area contributed by atoms with Gasteiger partial charge in [0.1, 0.15) is 0 Å². The molecule has 0 spiro atoms. The lowest BCUT2D eigenvalue weighted by atomic mass is 10.1. The standard InChI is InChI=1S/C29H60O2/c1-3-5-7-9-11-13-15-17-19-21-23-25-27-31-29-28-30-26-24-22-20-18-16-14-12-10-8-6-4-2/h3-29H2,1-2H3. The number of unbranched alkanes of at least 4 members (excludes halogenated alkanes) is 21. The van der Waals surface area contributed by atoms with Crippen LogP contribution in [0.5, 0.6) is 0 Å². The van der Waals surface area contributed by atoms with Crippen LogP contribution in [0.2, 0.25) is 0 Å². The molecule has 31 heavy (non-hydrogen) atoms. The van der Waals surface area contributed by atoms with E-state index in [9.17, 15) is 0 Å². The largest absolute Gasteiger partial charge is 0.379 e. The molecule has 0 heterocycles. The summed E-state index contributed by atoms with van der Waals surface area (Å²) in [6.07, 6.45) is 32.1. The van der Waals surface area contributed by atoms with Gasteiger partial charge >= 0.3 is 0 Å². The maximum absolute atomic E-state index is 5.71. The van der Waals surface area contributed by atoms with Gasteiger partial charge in [0.05, 0.1) is 13.2 Å². The highest BCUT2D eigenvalue weighted by Gasteiger charge is 1.96. The first-order valence-corrected chi connectivity index (χ1v) is 14.6. The molecule has 0 N–H and O–H groups in total. The molecule has 0 rings (SSSR count). The third kappa shape index (κ3) is 29.9. The average Bonchev–Trinajstić information content (AvgIpc) is 2.78. The molecule has 2 nitrogen and oxygen atoms in total. The summed E-state index contributed by atoms with van der Waals surface area (Å²) in [6.45, 7) is 7.96. The molecule has 2 heteroatoms. The van der Waals surface area contributed by atoms with Crippen LogP contribution in [0.3, 0.4) is 0 Å². The summed E-state index contributed by atoms with van der Waals surface area (Å²) in [7, 11) is 0. The van der Waals surface area contributed by atoms with Gasteiger partial charge < -0.3 is 9.47 Å². The maximum atomic E-state index is 5.71. The van der Waals surface area contributed by atoms with E-state index in [2.05, 4.69) is 13.8 Å². The Balaban J connectivity index is 2.98. The molecule has 188 valence electrons. The van der Waals surface area contributed by atoms with E-state index < -0.39 is 0 Å². The monoisotopic (exact) mass is 440 g/mol. The predicted molar refractivity (Wildman–Crippen MR) is 139 cm³/mol. The summed E-state index contributed by atoms with van der Waals surface area (Å²) in [5.74, 6) is 0. The van der Waals surface area contributed by atoms with Crippen molar-refractivity contribution >= 4 is 0 Å². The molecule has 0 fully saturated rings. The van der Waals surface area contributed by atoms with Crippen molar-refractivity contribution in [2.45, 2.75) is 162 Å². The SMILES string of the molecule is CCCCCCCCCCCCCCOCCOCCCCCCCCCCCCC. The van der Waals surface area contributed by atoms with E-state index >= 15 is 0 Å². The quantitative estimate of drug-likeness (QED) is 0.113. The third-order valence-corrected chi connectivity index (χ3v) is 6.41. The molecule has 0 atom stereocenters. The smallest absolute Gasteiger partial charge is 0.0700 e. The Hall–Kier alpha value is -0.0800. The zero-order valence-corrected chi connectivity index (χ0v) is 21.9. The van der Waals surface area contributed by atoms with Gasteiger partial charge in [0.15, 0.2) is 0 Å². The lowest BCUT2D eigenvalue weighted by Gasteiger charge is -2.06. The minimum Gasteiger partial charge on any atom is -0.379 e. The summed E-state index contributed by atoms with van der Waals surface area (Å²) in [5.41, 5.74) is 0. The fraction of sp³-hybridized carbons (Fsp3) is 1.00. The van der Waals surface area contributed by atoms with Crippen molar-refractivity contribution in [3.05, 3.63) is 0 Å². The van der Waals surface area contributed by atoms with Crippen molar-refractivity contribution in [1.29, 1.82) is 0 Å². The van der Waals surface area contributed by atoms with Gasteiger partial charge in [-0.1, -0.05) is 149 Å². The second-order valence-electron chi connectivity index (χ2n) is 9.65. The average molecular weight is 441 g/mol. The molecule has 0 radical (unpaired) electrons. The molecule has 0 aliphatic carbocycles. The third-order valence-electron chi connectivity index (χ3n) is 6.41. The van der Waals surface area contributed by atoms with Crippen molar-refractivity contribution < 1.29 is 9.47 Å². The summed E-state index contributed by atoms with van der Waals surface area (Å²) in [5, 5.41) is 0. The Bertz CT molecular complexity index is 264. The molecule has 0 unspecified atom stereocenters. The molecular weight excluding hydrogens is 380 g/mol. The van der Waals surface area contributed by atoms with Crippen LogP contribution in [-0.2, 0) is 9.47 Å². The predicted octanol–water partition coefficient (Wildman–Crippen LogP) is 10.0. The second kappa shape index (κ2) is 29.9. The van der Waals surface area contributed by atoms with E-state index in [-0.39, 0.29) is 0 Å². The lowest BCUT2D eigenvalue weighted by molar-refractivity contribution is 0.0448. The number of rotatable bonds is 28. The molecular formula is C29H60O2.